The van der Waals surface area contributed by atoms with E-state index in [1.165, 1.54) is 27.8 Å². The van der Waals surface area contributed by atoms with E-state index in [1.54, 1.807) is 24.5 Å². The number of pyridine rings is 1. The first-order chi connectivity index (χ1) is 21.5. The lowest BCUT2D eigenvalue weighted by atomic mass is 9.96. The molecule has 0 saturated heterocycles. The van der Waals surface area contributed by atoms with Crippen molar-refractivity contribution in [1.29, 1.82) is 0 Å². The van der Waals surface area contributed by atoms with Crippen LogP contribution in [0.4, 0.5) is 0 Å². The summed E-state index contributed by atoms with van der Waals surface area (Å²) in [6.45, 7) is 8.17. The van der Waals surface area contributed by atoms with Crippen LogP contribution in [0.1, 0.15) is 49.2 Å². The lowest BCUT2D eigenvalue weighted by molar-refractivity contribution is -0.138. The fourth-order valence-corrected chi connectivity index (χ4v) is 6.67. The molecule has 10 heteroatoms. The molecule has 0 fully saturated rings. The third kappa shape index (κ3) is 7.51. The Labute approximate surface area is 268 Å². The molecule has 2 aromatic carbocycles. The second-order valence-corrected chi connectivity index (χ2v) is 14.0. The van der Waals surface area contributed by atoms with Crippen LogP contribution in [0.3, 0.4) is 0 Å². The van der Waals surface area contributed by atoms with E-state index in [0.717, 1.165) is 5.56 Å². The molecule has 9 nitrogen and oxygen atoms in total. The van der Waals surface area contributed by atoms with Crippen molar-refractivity contribution >= 4 is 40.2 Å². The van der Waals surface area contributed by atoms with Gasteiger partial charge in [0.15, 0.2) is 0 Å². The van der Waals surface area contributed by atoms with Crippen molar-refractivity contribution in [2.24, 2.45) is 10.9 Å². The van der Waals surface area contributed by atoms with Crippen LogP contribution in [0.25, 0.3) is 5.70 Å². The Kier molecular flexibility index (Phi) is 9.84. The van der Waals surface area contributed by atoms with E-state index in [0.29, 0.717) is 34.8 Å². The number of aliphatic hydroxyl groups is 1. The van der Waals surface area contributed by atoms with E-state index in [1.807, 2.05) is 74.5 Å². The van der Waals surface area contributed by atoms with Crippen LogP contribution in [0, 0.1) is 5.92 Å². The van der Waals surface area contributed by atoms with Crippen molar-refractivity contribution in [3.8, 4) is 0 Å². The summed E-state index contributed by atoms with van der Waals surface area (Å²) in [6, 6.07) is 20.7. The zero-order chi connectivity index (χ0) is 32.1. The van der Waals surface area contributed by atoms with Crippen molar-refractivity contribution in [3.63, 3.8) is 0 Å². The van der Waals surface area contributed by atoms with Crippen LogP contribution < -0.4 is 5.32 Å². The minimum Gasteiger partial charge on any atom is -0.384 e. The molecule has 3 amide bonds. The molecule has 0 radical (unpaired) electrons. The van der Waals surface area contributed by atoms with Crippen LogP contribution in [-0.2, 0) is 16.0 Å². The number of carbonyl (C=O) groups is 3. The molecule has 3 heterocycles. The number of hydrogen-bond acceptors (Lipinski definition) is 7. The minimum absolute atomic E-state index is 0.141. The standard InChI is InChI=1S/C35H39N5O4S/c1-23(2)30-34(44)39(28(25-14-9-6-10-15-25)20-40(30)33(43)26-16-11-17-36-19-26)21-29(41)38-27(18-24-12-7-5-8-13-24)31(42)32-37-22-35(3,4)45-32/h5-17,19-20,23,27,30-31,42H,18,21-22H2,1-4H3,(H,38,41). The summed E-state index contributed by atoms with van der Waals surface area (Å²) in [5.74, 6) is -1.39. The predicted molar refractivity (Wildman–Crippen MR) is 177 cm³/mol. The molecule has 0 saturated carbocycles. The summed E-state index contributed by atoms with van der Waals surface area (Å²) >= 11 is 1.51. The summed E-state index contributed by atoms with van der Waals surface area (Å²) in [4.78, 5) is 53.3. The number of nitrogens with one attached hydrogen (secondary N) is 1. The molecule has 234 valence electrons. The lowest BCUT2D eigenvalue weighted by Gasteiger charge is -2.41. The number of nitrogens with zero attached hydrogens (tertiary/aromatic N) is 4. The van der Waals surface area contributed by atoms with Crippen molar-refractivity contribution in [1.82, 2.24) is 20.1 Å². The summed E-state index contributed by atoms with van der Waals surface area (Å²) < 4.78 is -0.141. The molecule has 3 unspecified atom stereocenters. The van der Waals surface area contributed by atoms with Gasteiger partial charge in [0.25, 0.3) is 11.8 Å². The molecule has 2 aliphatic heterocycles. The van der Waals surface area contributed by atoms with E-state index in [9.17, 15) is 19.5 Å². The third-order valence-electron chi connectivity index (χ3n) is 7.79. The van der Waals surface area contributed by atoms with Gasteiger partial charge in [-0.25, -0.2) is 0 Å². The molecule has 3 aromatic rings. The van der Waals surface area contributed by atoms with Crippen LogP contribution in [0.2, 0.25) is 0 Å². The van der Waals surface area contributed by atoms with Crippen LogP contribution >= 0.6 is 11.8 Å². The molecular formula is C35H39N5O4S. The van der Waals surface area contributed by atoms with Crippen molar-refractivity contribution in [3.05, 3.63) is 108 Å². The van der Waals surface area contributed by atoms with Crippen LogP contribution in [0.5, 0.6) is 0 Å². The van der Waals surface area contributed by atoms with E-state index in [-0.39, 0.29) is 29.0 Å². The Morgan fingerprint density at radius 2 is 1.73 bits per heavy atom. The quantitative estimate of drug-likeness (QED) is 0.345. The predicted octanol–water partition coefficient (Wildman–Crippen LogP) is 4.40. The van der Waals surface area contributed by atoms with Gasteiger partial charge in [-0.15, -0.1) is 11.8 Å². The van der Waals surface area contributed by atoms with Gasteiger partial charge in [0.05, 0.1) is 28.9 Å². The first kappa shape index (κ1) is 32.1. The molecule has 2 aliphatic rings. The van der Waals surface area contributed by atoms with Gasteiger partial charge in [-0.2, -0.15) is 0 Å². The van der Waals surface area contributed by atoms with Crippen molar-refractivity contribution in [2.45, 2.75) is 57.1 Å². The largest absolute Gasteiger partial charge is 0.384 e. The van der Waals surface area contributed by atoms with Gasteiger partial charge >= 0.3 is 0 Å². The van der Waals surface area contributed by atoms with Gasteiger partial charge in [-0.1, -0.05) is 74.5 Å². The number of amides is 3. The normalized spacial score (nSPS) is 19.2. The highest BCUT2D eigenvalue weighted by Crippen LogP contribution is 2.34. The number of rotatable bonds is 10. The van der Waals surface area contributed by atoms with Crippen LogP contribution in [0.15, 0.2) is 96.4 Å². The molecule has 2 N–H and O–H groups in total. The fourth-order valence-electron chi connectivity index (χ4n) is 5.56. The zero-order valence-corrected chi connectivity index (χ0v) is 26.8. The van der Waals surface area contributed by atoms with E-state index < -0.39 is 24.1 Å². The van der Waals surface area contributed by atoms with Gasteiger partial charge in [-0.05, 0) is 49.4 Å². The lowest BCUT2D eigenvalue weighted by Crippen LogP contribution is -2.57. The van der Waals surface area contributed by atoms with Gasteiger partial charge in [0, 0.05) is 23.3 Å². The summed E-state index contributed by atoms with van der Waals surface area (Å²) in [7, 11) is 0. The summed E-state index contributed by atoms with van der Waals surface area (Å²) in [5, 5.41) is 15.1. The van der Waals surface area contributed by atoms with Gasteiger partial charge in [0.1, 0.15) is 18.7 Å². The second-order valence-electron chi connectivity index (χ2n) is 12.3. The minimum atomic E-state index is -1.02. The molecule has 0 aliphatic carbocycles. The molecule has 3 atom stereocenters. The zero-order valence-electron chi connectivity index (χ0n) is 26.0. The summed E-state index contributed by atoms with van der Waals surface area (Å²) in [5.41, 5.74) is 2.43. The van der Waals surface area contributed by atoms with Crippen molar-refractivity contribution < 1.29 is 19.5 Å². The average molecular weight is 626 g/mol. The molecule has 5 rings (SSSR count). The second kappa shape index (κ2) is 13.8. The van der Waals surface area contributed by atoms with E-state index in [2.05, 4.69) is 29.1 Å². The highest BCUT2D eigenvalue weighted by Gasteiger charge is 2.42. The molecule has 0 bridgehead atoms. The number of aliphatic hydroxyl groups excluding tert-OH is 1. The molecule has 0 spiro atoms. The first-order valence-corrected chi connectivity index (χ1v) is 15.9. The van der Waals surface area contributed by atoms with E-state index in [4.69, 9.17) is 0 Å². The number of aliphatic imine (C=N–C) groups is 1. The van der Waals surface area contributed by atoms with E-state index >= 15 is 0 Å². The Morgan fingerprint density at radius 1 is 1.04 bits per heavy atom. The van der Waals surface area contributed by atoms with Crippen molar-refractivity contribution in [2.75, 3.05) is 13.1 Å². The number of benzene rings is 2. The monoisotopic (exact) mass is 625 g/mol. The maximum atomic E-state index is 14.2. The maximum absolute atomic E-state index is 14.2. The fraction of sp³-hybridized carbons (Fsp3) is 0.343. The molecule has 45 heavy (non-hydrogen) atoms. The Morgan fingerprint density at radius 3 is 2.33 bits per heavy atom. The van der Waals surface area contributed by atoms with Gasteiger partial charge < -0.3 is 15.3 Å². The van der Waals surface area contributed by atoms with Crippen LogP contribution in [-0.4, -0.2) is 78.7 Å². The van der Waals surface area contributed by atoms with Gasteiger partial charge in [-0.3, -0.25) is 29.3 Å². The Balaban J connectivity index is 1.45. The molecule has 1 aromatic heterocycles. The highest BCUT2D eigenvalue weighted by molar-refractivity contribution is 8.15. The molecular weight excluding hydrogens is 586 g/mol. The highest BCUT2D eigenvalue weighted by atomic mass is 32.2. The number of thioether (sulfide) groups is 1. The maximum Gasteiger partial charge on any atom is 0.260 e. The summed E-state index contributed by atoms with van der Waals surface area (Å²) in [6.07, 6.45) is 4.09. The Bertz CT molecular complexity index is 1580. The third-order valence-corrected chi connectivity index (χ3v) is 9.05. The average Bonchev–Trinajstić information content (AvgIpc) is 3.41. The first-order valence-electron chi connectivity index (χ1n) is 15.1. The number of aromatic nitrogens is 1. The number of hydrogen-bond donors (Lipinski definition) is 2. The van der Waals surface area contributed by atoms with Gasteiger partial charge in [0.2, 0.25) is 5.91 Å². The SMILES string of the molecule is CC(C)C1C(=O)N(CC(=O)NC(Cc2ccccc2)C(O)C2=NCC(C)(C)S2)C(c2ccccc2)=CN1C(=O)c1cccnc1. The topological polar surface area (TPSA) is 115 Å². The number of carbonyl (C=O) groups excluding carboxylic acids is 3. The Hall–Kier alpha value is -4.28. The smallest absolute Gasteiger partial charge is 0.260 e.